The Bertz CT molecular complexity index is 412. The van der Waals surface area contributed by atoms with Crippen molar-refractivity contribution in [1.29, 1.82) is 0 Å². The van der Waals surface area contributed by atoms with Crippen LogP contribution in [0.3, 0.4) is 0 Å². The van der Waals surface area contributed by atoms with Crippen molar-refractivity contribution >= 4 is 34.9 Å². The zero-order valence-electron chi connectivity index (χ0n) is 10.00. The van der Waals surface area contributed by atoms with Crippen molar-refractivity contribution in [3.8, 4) is 0 Å². The molecule has 0 fully saturated rings. The van der Waals surface area contributed by atoms with E-state index in [0.29, 0.717) is 22.4 Å². The van der Waals surface area contributed by atoms with Crippen LogP contribution in [0.2, 0.25) is 10.0 Å². The summed E-state index contributed by atoms with van der Waals surface area (Å²) in [6, 6.07) is 1.63. The summed E-state index contributed by atoms with van der Waals surface area (Å²) in [5.74, 6) is 0.465. The molecule has 1 unspecified atom stereocenters. The maximum atomic E-state index is 11.4. The molecule has 1 aromatic rings. The molecule has 4 nitrogen and oxygen atoms in total. The molecule has 1 N–H and O–H groups in total. The standard InChI is InChI=1S/C11H15Cl2N3O/c1-7(11(17)14-2)6-16(3)10-9(13)4-8(12)5-15-10/h4-5,7H,6H2,1-3H3,(H,14,17). The van der Waals surface area contributed by atoms with Gasteiger partial charge >= 0.3 is 0 Å². The van der Waals surface area contributed by atoms with Crippen molar-refractivity contribution in [2.45, 2.75) is 6.92 Å². The minimum Gasteiger partial charge on any atom is -0.359 e. The van der Waals surface area contributed by atoms with Crippen LogP contribution in [-0.4, -0.2) is 31.5 Å². The summed E-state index contributed by atoms with van der Waals surface area (Å²) in [5, 5.41) is 3.57. The average Bonchev–Trinajstić information content (AvgIpc) is 2.27. The highest BCUT2D eigenvalue weighted by Gasteiger charge is 2.16. The van der Waals surface area contributed by atoms with Crippen LogP contribution in [0.4, 0.5) is 5.82 Å². The van der Waals surface area contributed by atoms with Gasteiger partial charge < -0.3 is 10.2 Å². The Labute approximate surface area is 111 Å². The summed E-state index contributed by atoms with van der Waals surface area (Å²) < 4.78 is 0. The lowest BCUT2D eigenvalue weighted by atomic mass is 10.1. The van der Waals surface area contributed by atoms with Crippen molar-refractivity contribution in [2.75, 3.05) is 25.5 Å². The number of nitrogens with zero attached hydrogens (tertiary/aromatic N) is 2. The van der Waals surface area contributed by atoms with E-state index < -0.39 is 0 Å². The molecule has 94 valence electrons. The van der Waals surface area contributed by atoms with Gasteiger partial charge in [0.2, 0.25) is 5.91 Å². The lowest BCUT2D eigenvalue weighted by Gasteiger charge is -2.22. The first-order valence-electron chi connectivity index (χ1n) is 5.19. The zero-order valence-corrected chi connectivity index (χ0v) is 11.5. The van der Waals surface area contributed by atoms with Crippen LogP contribution in [0.15, 0.2) is 12.3 Å². The predicted octanol–water partition coefficient (Wildman–Crippen LogP) is 2.21. The first-order chi connectivity index (χ1) is 7.95. The second-order valence-electron chi connectivity index (χ2n) is 3.85. The molecule has 17 heavy (non-hydrogen) atoms. The molecule has 1 rings (SSSR count). The van der Waals surface area contributed by atoms with Crippen LogP contribution in [-0.2, 0) is 4.79 Å². The number of amides is 1. The van der Waals surface area contributed by atoms with Crippen molar-refractivity contribution in [2.24, 2.45) is 5.92 Å². The number of anilines is 1. The molecule has 0 bridgehead atoms. The van der Waals surface area contributed by atoms with Gasteiger partial charge in [-0.25, -0.2) is 4.98 Å². The molecule has 1 heterocycles. The van der Waals surface area contributed by atoms with E-state index in [9.17, 15) is 4.79 Å². The summed E-state index contributed by atoms with van der Waals surface area (Å²) in [6.45, 7) is 2.38. The van der Waals surface area contributed by atoms with Gasteiger partial charge in [0.15, 0.2) is 0 Å². The molecule has 0 aliphatic rings. The van der Waals surface area contributed by atoms with Gasteiger partial charge in [0.1, 0.15) is 5.82 Å². The van der Waals surface area contributed by atoms with Crippen molar-refractivity contribution in [3.63, 3.8) is 0 Å². The third kappa shape index (κ3) is 3.75. The molecule has 0 spiro atoms. The monoisotopic (exact) mass is 275 g/mol. The number of hydrogen-bond donors (Lipinski definition) is 1. The van der Waals surface area contributed by atoms with Gasteiger partial charge in [0.05, 0.1) is 16.0 Å². The summed E-state index contributed by atoms with van der Waals surface area (Å²) in [4.78, 5) is 17.4. The van der Waals surface area contributed by atoms with Gasteiger partial charge in [0.25, 0.3) is 0 Å². The molecule has 6 heteroatoms. The Morgan fingerprint density at radius 3 is 2.76 bits per heavy atom. The molecule has 1 atom stereocenters. The molecule has 0 radical (unpaired) electrons. The van der Waals surface area contributed by atoms with E-state index in [2.05, 4.69) is 10.3 Å². The maximum Gasteiger partial charge on any atom is 0.224 e. The summed E-state index contributed by atoms with van der Waals surface area (Å²) >= 11 is 11.8. The highest BCUT2D eigenvalue weighted by molar-refractivity contribution is 6.35. The van der Waals surface area contributed by atoms with Crippen LogP contribution in [0.1, 0.15) is 6.92 Å². The lowest BCUT2D eigenvalue weighted by Crippen LogP contribution is -2.34. The van der Waals surface area contributed by atoms with Gasteiger partial charge in [-0.15, -0.1) is 0 Å². The largest absolute Gasteiger partial charge is 0.359 e. The van der Waals surface area contributed by atoms with E-state index in [4.69, 9.17) is 23.2 Å². The molecule has 0 saturated heterocycles. The molecule has 1 aromatic heterocycles. The van der Waals surface area contributed by atoms with Crippen LogP contribution in [0.25, 0.3) is 0 Å². The van der Waals surface area contributed by atoms with E-state index in [1.165, 1.54) is 6.20 Å². The third-order valence-electron chi connectivity index (χ3n) is 2.39. The quantitative estimate of drug-likeness (QED) is 0.917. The van der Waals surface area contributed by atoms with Gasteiger partial charge in [-0.05, 0) is 6.07 Å². The Balaban J connectivity index is 2.76. The fraction of sp³-hybridized carbons (Fsp3) is 0.455. The van der Waals surface area contributed by atoms with E-state index in [1.807, 2.05) is 18.9 Å². The summed E-state index contributed by atoms with van der Waals surface area (Å²) in [7, 11) is 3.45. The predicted molar refractivity (Wildman–Crippen MR) is 70.8 cm³/mol. The molecule has 0 aliphatic carbocycles. The van der Waals surface area contributed by atoms with Crippen molar-refractivity contribution in [3.05, 3.63) is 22.3 Å². The highest BCUT2D eigenvalue weighted by atomic mass is 35.5. The minimum atomic E-state index is -0.140. The SMILES string of the molecule is CNC(=O)C(C)CN(C)c1ncc(Cl)cc1Cl. The van der Waals surface area contributed by atoms with E-state index in [0.717, 1.165) is 0 Å². The molecule has 0 saturated carbocycles. The average molecular weight is 276 g/mol. The Kier molecular flexibility index (Phi) is 5.02. The Hall–Kier alpha value is -1.000. The molecule has 1 amide bonds. The maximum absolute atomic E-state index is 11.4. The summed E-state index contributed by atoms with van der Waals surface area (Å²) in [5.41, 5.74) is 0. The van der Waals surface area contributed by atoms with Crippen LogP contribution < -0.4 is 10.2 Å². The second kappa shape index (κ2) is 6.07. The van der Waals surface area contributed by atoms with Crippen molar-refractivity contribution in [1.82, 2.24) is 10.3 Å². The first kappa shape index (κ1) is 14.1. The molecular weight excluding hydrogens is 261 g/mol. The normalized spacial score (nSPS) is 12.1. The third-order valence-corrected chi connectivity index (χ3v) is 2.88. The van der Waals surface area contributed by atoms with Crippen LogP contribution in [0.5, 0.6) is 0 Å². The number of rotatable bonds is 4. The Morgan fingerprint density at radius 2 is 2.24 bits per heavy atom. The van der Waals surface area contributed by atoms with Crippen LogP contribution in [0, 0.1) is 5.92 Å². The Morgan fingerprint density at radius 1 is 1.59 bits per heavy atom. The number of pyridine rings is 1. The van der Waals surface area contributed by atoms with E-state index in [-0.39, 0.29) is 11.8 Å². The fourth-order valence-electron chi connectivity index (χ4n) is 1.51. The number of carbonyl (C=O) groups excluding carboxylic acids is 1. The number of aromatic nitrogens is 1. The van der Waals surface area contributed by atoms with Gasteiger partial charge in [-0.2, -0.15) is 0 Å². The second-order valence-corrected chi connectivity index (χ2v) is 4.70. The van der Waals surface area contributed by atoms with Gasteiger partial charge in [-0.3, -0.25) is 4.79 Å². The molecule has 0 aliphatic heterocycles. The lowest BCUT2D eigenvalue weighted by molar-refractivity contribution is -0.123. The van der Waals surface area contributed by atoms with Crippen LogP contribution >= 0.6 is 23.2 Å². The topological polar surface area (TPSA) is 45.2 Å². The van der Waals surface area contributed by atoms with Gasteiger partial charge in [0, 0.05) is 26.8 Å². The smallest absolute Gasteiger partial charge is 0.224 e. The number of hydrogen-bond acceptors (Lipinski definition) is 3. The highest BCUT2D eigenvalue weighted by Crippen LogP contribution is 2.25. The number of carbonyl (C=O) groups is 1. The molecule has 0 aromatic carbocycles. The minimum absolute atomic E-state index is 0.0121. The fourth-order valence-corrected chi connectivity index (χ4v) is 2.04. The zero-order chi connectivity index (χ0) is 13.0. The summed E-state index contributed by atoms with van der Waals surface area (Å²) in [6.07, 6.45) is 1.53. The number of nitrogens with one attached hydrogen (secondary N) is 1. The van der Waals surface area contributed by atoms with E-state index >= 15 is 0 Å². The van der Waals surface area contributed by atoms with E-state index in [1.54, 1.807) is 13.1 Å². The molecular formula is C11H15Cl2N3O. The van der Waals surface area contributed by atoms with Crippen molar-refractivity contribution < 1.29 is 4.79 Å². The van der Waals surface area contributed by atoms with Gasteiger partial charge in [-0.1, -0.05) is 30.1 Å². The first-order valence-corrected chi connectivity index (χ1v) is 5.95. The number of halogens is 2.